The zero-order valence-corrected chi connectivity index (χ0v) is 12.4. The minimum absolute atomic E-state index is 0.261. The Morgan fingerprint density at radius 3 is 2.50 bits per heavy atom. The number of hydrogen-bond donors (Lipinski definition) is 2. The van der Waals surface area contributed by atoms with Crippen LogP contribution in [0.4, 0.5) is 5.82 Å². The van der Waals surface area contributed by atoms with E-state index in [1.165, 1.54) is 0 Å². The Morgan fingerprint density at radius 2 is 1.86 bits per heavy atom. The van der Waals surface area contributed by atoms with Crippen LogP contribution in [0.15, 0.2) is 42.6 Å². The van der Waals surface area contributed by atoms with E-state index >= 15 is 0 Å². The molecule has 1 aromatic carbocycles. The molecule has 0 aliphatic rings. The Hall–Kier alpha value is -2.89. The first-order valence-corrected chi connectivity index (χ1v) is 6.74. The summed E-state index contributed by atoms with van der Waals surface area (Å²) >= 11 is 0. The van der Waals surface area contributed by atoms with Crippen LogP contribution in [0.1, 0.15) is 11.1 Å². The molecule has 114 valence electrons. The minimum atomic E-state index is -0.740. The van der Waals surface area contributed by atoms with Crippen LogP contribution in [0.3, 0.4) is 0 Å². The number of amides is 2. The van der Waals surface area contributed by atoms with Crippen LogP contribution in [0.25, 0.3) is 0 Å². The number of benzene rings is 1. The summed E-state index contributed by atoms with van der Waals surface area (Å²) in [5, 5.41) is 5.04. The van der Waals surface area contributed by atoms with Gasteiger partial charge in [0, 0.05) is 12.7 Å². The van der Waals surface area contributed by atoms with Crippen LogP contribution in [0.5, 0.6) is 5.75 Å². The summed E-state index contributed by atoms with van der Waals surface area (Å²) in [4.78, 5) is 27.6. The summed E-state index contributed by atoms with van der Waals surface area (Å²) in [6.07, 6.45) is 1.55. The number of ether oxygens (including phenoxy) is 1. The number of nitrogens with zero attached hydrogens (tertiary/aromatic N) is 1. The quantitative estimate of drug-likeness (QED) is 0.841. The number of carbonyl (C=O) groups is 2. The van der Waals surface area contributed by atoms with Crippen molar-refractivity contribution >= 4 is 17.6 Å². The van der Waals surface area contributed by atoms with Crippen molar-refractivity contribution in [1.29, 1.82) is 0 Å². The second-order valence-corrected chi connectivity index (χ2v) is 4.65. The standard InChI is InChI=1S/C16H17N3O3/c1-11-4-3-9-17-14(11)19-16(21)15(20)18-10-12-5-7-13(22-2)8-6-12/h3-9H,10H2,1-2H3,(H,18,20)(H,17,19,21). The maximum Gasteiger partial charge on any atom is 0.314 e. The third kappa shape index (κ3) is 4.05. The zero-order chi connectivity index (χ0) is 15.9. The number of rotatable bonds is 4. The molecule has 0 saturated heterocycles. The van der Waals surface area contributed by atoms with E-state index in [1.807, 2.05) is 12.1 Å². The van der Waals surface area contributed by atoms with E-state index in [9.17, 15) is 9.59 Å². The molecule has 2 aromatic rings. The lowest BCUT2D eigenvalue weighted by Crippen LogP contribution is -2.35. The predicted molar refractivity (Wildman–Crippen MR) is 82.4 cm³/mol. The van der Waals surface area contributed by atoms with Crippen LogP contribution in [0, 0.1) is 6.92 Å². The topological polar surface area (TPSA) is 80.3 Å². The second kappa shape index (κ2) is 7.21. The van der Waals surface area contributed by atoms with E-state index in [0.717, 1.165) is 16.9 Å². The number of aromatic nitrogens is 1. The number of anilines is 1. The number of aryl methyl sites for hydroxylation is 1. The minimum Gasteiger partial charge on any atom is -0.497 e. The molecule has 0 aliphatic carbocycles. The summed E-state index contributed by atoms with van der Waals surface area (Å²) in [5.41, 5.74) is 1.66. The number of pyridine rings is 1. The summed E-state index contributed by atoms with van der Waals surface area (Å²) in [7, 11) is 1.58. The van der Waals surface area contributed by atoms with Crippen molar-refractivity contribution in [2.75, 3.05) is 12.4 Å². The lowest BCUT2D eigenvalue weighted by atomic mass is 10.2. The summed E-state index contributed by atoms with van der Waals surface area (Å²) < 4.78 is 5.05. The van der Waals surface area contributed by atoms with E-state index in [-0.39, 0.29) is 6.54 Å². The lowest BCUT2D eigenvalue weighted by molar-refractivity contribution is -0.136. The van der Waals surface area contributed by atoms with Crippen LogP contribution in [0.2, 0.25) is 0 Å². The summed E-state index contributed by atoms with van der Waals surface area (Å²) in [5.74, 6) is -0.332. The van der Waals surface area contributed by atoms with Crippen molar-refractivity contribution in [3.63, 3.8) is 0 Å². The van der Waals surface area contributed by atoms with Crippen molar-refractivity contribution in [3.05, 3.63) is 53.7 Å². The summed E-state index contributed by atoms with van der Waals surface area (Å²) in [6, 6.07) is 10.8. The van der Waals surface area contributed by atoms with E-state index in [0.29, 0.717) is 5.82 Å². The van der Waals surface area contributed by atoms with Crippen molar-refractivity contribution in [2.45, 2.75) is 13.5 Å². The zero-order valence-electron chi connectivity index (χ0n) is 12.4. The van der Waals surface area contributed by atoms with Crippen molar-refractivity contribution < 1.29 is 14.3 Å². The fourth-order valence-corrected chi connectivity index (χ4v) is 1.79. The third-order valence-corrected chi connectivity index (χ3v) is 3.06. The monoisotopic (exact) mass is 299 g/mol. The van der Waals surface area contributed by atoms with Gasteiger partial charge in [0.15, 0.2) is 0 Å². The van der Waals surface area contributed by atoms with Crippen LogP contribution >= 0.6 is 0 Å². The van der Waals surface area contributed by atoms with Gasteiger partial charge in [-0.2, -0.15) is 0 Å². The molecule has 0 bridgehead atoms. The highest BCUT2D eigenvalue weighted by Crippen LogP contribution is 2.11. The number of methoxy groups -OCH3 is 1. The smallest absolute Gasteiger partial charge is 0.314 e. The molecule has 2 amide bonds. The fourth-order valence-electron chi connectivity index (χ4n) is 1.79. The van der Waals surface area contributed by atoms with Gasteiger partial charge in [0.05, 0.1) is 7.11 Å². The lowest BCUT2D eigenvalue weighted by Gasteiger charge is -2.08. The Balaban J connectivity index is 1.88. The van der Waals surface area contributed by atoms with Gasteiger partial charge < -0.3 is 15.4 Å². The number of nitrogens with one attached hydrogen (secondary N) is 2. The molecule has 0 radical (unpaired) electrons. The molecular weight excluding hydrogens is 282 g/mol. The van der Waals surface area contributed by atoms with Gasteiger partial charge in [-0.25, -0.2) is 4.98 Å². The Bertz CT molecular complexity index is 669. The van der Waals surface area contributed by atoms with Gasteiger partial charge >= 0.3 is 11.8 Å². The SMILES string of the molecule is COc1ccc(CNC(=O)C(=O)Nc2ncccc2C)cc1. The average molecular weight is 299 g/mol. The van der Waals surface area contributed by atoms with E-state index < -0.39 is 11.8 Å². The molecule has 22 heavy (non-hydrogen) atoms. The maximum atomic E-state index is 11.8. The maximum absolute atomic E-state index is 11.8. The van der Waals surface area contributed by atoms with E-state index in [1.54, 1.807) is 44.5 Å². The molecule has 0 saturated carbocycles. The number of hydrogen-bond acceptors (Lipinski definition) is 4. The molecule has 0 unspecified atom stereocenters. The molecule has 2 N–H and O–H groups in total. The van der Waals surface area contributed by atoms with Gasteiger partial charge in [0.2, 0.25) is 0 Å². The van der Waals surface area contributed by atoms with Gasteiger partial charge in [-0.1, -0.05) is 18.2 Å². The first-order chi connectivity index (χ1) is 10.6. The van der Waals surface area contributed by atoms with Crippen molar-refractivity contribution in [1.82, 2.24) is 10.3 Å². The largest absolute Gasteiger partial charge is 0.497 e. The first-order valence-electron chi connectivity index (χ1n) is 6.74. The van der Waals surface area contributed by atoms with Gasteiger partial charge in [0.25, 0.3) is 0 Å². The molecule has 0 aliphatic heterocycles. The molecule has 0 spiro atoms. The highest BCUT2D eigenvalue weighted by atomic mass is 16.5. The normalized spacial score (nSPS) is 9.91. The Kier molecular flexibility index (Phi) is 5.08. The number of carbonyl (C=O) groups excluding carboxylic acids is 2. The second-order valence-electron chi connectivity index (χ2n) is 4.65. The van der Waals surface area contributed by atoms with Gasteiger partial charge in [-0.05, 0) is 36.2 Å². The molecule has 0 atom stereocenters. The first kappa shape index (κ1) is 15.5. The van der Waals surface area contributed by atoms with Gasteiger partial charge in [-0.15, -0.1) is 0 Å². The highest BCUT2D eigenvalue weighted by Gasteiger charge is 2.14. The van der Waals surface area contributed by atoms with Crippen molar-refractivity contribution in [3.8, 4) is 5.75 Å². The third-order valence-electron chi connectivity index (χ3n) is 3.06. The molecular formula is C16H17N3O3. The van der Waals surface area contributed by atoms with E-state index in [4.69, 9.17) is 4.74 Å². The Labute approximate surface area is 128 Å². The van der Waals surface area contributed by atoms with Crippen molar-refractivity contribution in [2.24, 2.45) is 0 Å². The van der Waals surface area contributed by atoms with Crippen LogP contribution in [-0.2, 0) is 16.1 Å². The van der Waals surface area contributed by atoms with Crippen LogP contribution in [-0.4, -0.2) is 23.9 Å². The molecule has 1 aromatic heterocycles. The van der Waals surface area contributed by atoms with Crippen LogP contribution < -0.4 is 15.4 Å². The highest BCUT2D eigenvalue weighted by molar-refractivity contribution is 6.39. The molecule has 0 fully saturated rings. The van der Waals surface area contributed by atoms with Gasteiger partial charge in [0.1, 0.15) is 11.6 Å². The average Bonchev–Trinajstić information content (AvgIpc) is 2.55. The molecule has 6 nitrogen and oxygen atoms in total. The molecule has 2 rings (SSSR count). The Morgan fingerprint density at radius 1 is 1.14 bits per heavy atom. The fraction of sp³-hybridized carbons (Fsp3) is 0.188. The van der Waals surface area contributed by atoms with Gasteiger partial charge in [-0.3, -0.25) is 9.59 Å². The van der Waals surface area contributed by atoms with E-state index in [2.05, 4.69) is 15.6 Å². The predicted octanol–water partition coefficient (Wildman–Crippen LogP) is 1.65. The molecule has 6 heteroatoms. The summed E-state index contributed by atoms with van der Waals surface area (Å²) in [6.45, 7) is 2.06. The molecule has 1 heterocycles.